The van der Waals surface area contributed by atoms with Crippen molar-refractivity contribution in [2.45, 2.75) is 51.9 Å². The minimum Gasteiger partial charge on any atom is -0.468 e. The molecule has 3 rings (SSSR count). The minimum atomic E-state index is 0.744. The van der Waals surface area contributed by atoms with E-state index in [-0.39, 0.29) is 0 Å². The van der Waals surface area contributed by atoms with Crippen LogP contribution in [0.1, 0.15) is 42.4 Å². The topological polar surface area (TPSA) is 28.4 Å². The van der Waals surface area contributed by atoms with E-state index in [0.29, 0.717) is 0 Å². The zero-order valence-electron chi connectivity index (χ0n) is 12.7. The van der Waals surface area contributed by atoms with Crippen LogP contribution in [0.4, 0.5) is 0 Å². The second kappa shape index (κ2) is 7.25. The van der Waals surface area contributed by atoms with Crippen molar-refractivity contribution in [3.05, 3.63) is 46.0 Å². The maximum absolute atomic E-state index is 5.74. The van der Waals surface area contributed by atoms with Crippen LogP contribution in [0, 0.1) is 0 Å². The highest BCUT2D eigenvalue weighted by molar-refractivity contribution is 7.09. The van der Waals surface area contributed by atoms with Crippen LogP contribution in [0.5, 0.6) is 0 Å². The SMILES string of the molecule is CCCNCc1ccoc1CN(Cc1cccs1)C1CC1. The summed E-state index contributed by atoms with van der Waals surface area (Å²) in [6.07, 6.45) is 5.65. The van der Waals surface area contributed by atoms with Crippen LogP contribution in [0.3, 0.4) is 0 Å². The van der Waals surface area contributed by atoms with E-state index in [1.807, 2.05) is 17.6 Å². The molecule has 2 heterocycles. The predicted molar refractivity (Wildman–Crippen MR) is 87.3 cm³/mol. The molecule has 21 heavy (non-hydrogen) atoms. The normalized spacial score (nSPS) is 15.0. The number of nitrogens with one attached hydrogen (secondary N) is 1. The third-order valence-corrected chi connectivity index (χ3v) is 4.79. The fourth-order valence-corrected chi connectivity index (χ4v) is 3.33. The summed E-state index contributed by atoms with van der Waals surface area (Å²) in [5.41, 5.74) is 1.31. The number of hydrogen-bond donors (Lipinski definition) is 1. The lowest BCUT2D eigenvalue weighted by molar-refractivity contribution is 0.226. The molecule has 0 aliphatic heterocycles. The van der Waals surface area contributed by atoms with Gasteiger partial charge in [-0.15, -0.1) is 11.3 Å². The summed E-state index contributed by atoms with van der Waals surface area (Å²) in [6, 6.07) is 7.21. The van der Waals surface area contributed by atoms with Crippen molar-refractivity contribution in [2.75, 3.05) is 6.54 Å². The molecule has 0 saturated heterocycles. The van der Waals surface area contributed by atoms with Crippen LogP contribution in [0.25, 0.3) is 0 Å². The van der Waals surface area contributed by atoms with E-state index in [1.165, 1.54) is 29.7 Å². The van der Waals surface area contributed by atoms with Crippen LogP contribution < -0.4 is 5.32 Å². The van der Waals surface area contributed by atoms with Gasteiger partial charge in [0.25, 0.3) is 0 Å². The smallest absolute Gasteiger partial charge is 0.122 e. The van der Waals surface area contributed by atoms with Crippen LogP contribution in [-0.2, 0) is 19.6 Å². The van der Waals surface area contributed by atoms with Crippen LogP contribution >= 0.6 is 11.3 Å². The average molecular weight is 304 g/mol. The fourth-order valence-electron chi connectivity index (χ4n) is 2.60. The fraction of sp³-hybridized carbons (Fsp3) is 0.529. The first-order valence-electron chi connectivity index (χ1n) is 7.89. The highest BCUT2D eigenvalue weighted by atomic mass is 32.1. The molecule has 0 amide bonds. The maximum Gasteiger partial charge on any atom is 0.122 e. The third-order valence-electron chi connectivity index (χ3n) is 3.93. The van der Waals surface area contributed by atoms with Gasteiger partial charge in [0.2, 0.25) is 0 Å². The number of thiophene rings is 1. The summed E-state index contributed by atoms with van der Waals surface area (Å²) < 4.78 is 5.74. The van der Waals surface area contributed by atoms with Crippen molar-refractivity contribution in [1.29, 1.82) is 0 Å². The van der Waals surface area contributed by atoms with Gasteiger partial charge in [-0.05, 0) is 43.3 Å². The molecule has 1 aliphatic rings. The van der Waals surface area contributed by atoms with E-state index in [0.717, 1.165) is 38.0 Å². The van der Waals surface area contributed by atoms with E-state index >= 15 is 0 Å². The molecule has 2 aromatic rings. The van der Waals surface area contributed by atoms with Gasteiger partial charge in [-0.25, -0.2) is 0 Å². The second-order valence-corrected chi connectivity index (χ2v) is 6.79. The lowest BCUT2D eigenvalue weighted by atomic mass is 10.2. The highest BCUT2D eigenvalue weighted by Crippen LogP contribution is 2.31. The zero-order valence-corrected chi connectivity index (χ0v) is 13.5. The Morgan fingerprint density at radius 1 is 1.33 bits per heavy atom. The largest absolute Gasteiger partial charge is 0.468 e. The van der Waals surface area contributed by atoms with Crippen molar-refractivity contribution in [3.8, 4) is 0 Å². The summed E-state index contributed by atoms with van der Waals surface area (Å²) in [4.78, 5) is 4.01. The molecule has 2 aromatic heterocycles. The molecule has 1 fully saturated rings. The van der Waals surface area contributed by atoms with Crippen LogP contribution in [-0.4, -0.2) is 17.5 Å². The average Bonchev–Trinajstić information content (AvgIpc) is 3.04. The molecular weight excluding hydrogens is 280 g/mol. The van der Waals surface area contributed by atoms with Crippen molar-refractivity contribution >= 4 is 11.3 Å². The Bertz CT molecular complexity index is 531. The van der Waals surface area contributed by atoms with Gasteiger partial charge in [-0.3, -0.25) is 4.90 Å². The van der Waals surface area contributed by atoms with Crippen LogP contribution in [0.15, 0.2) is 34.3 Å². The van der Waals surface area contributed by atoms with Crippen molar-refractivity contribution < 1.29 is 4.42 Å². The summed E-state index contributed by atoms with van der Waals surface area (Å²) in [5.74, 6) is 1.13. The maximum atomic E-state index is 5.74. The standard InChI is InChI=1S/C17H24N2OS/c1-2-8-18-11-14-7-9-20-17(14)13-19(15-5-6-15)12-16-4-3-10-21-16/h3-4,7,9-10,15,18H,2,5-6,8,11-13H2,1H3. The van der Waals surface area contributed by atoms with Gasteiger partial charge in [-0.2, -0.15) is 0 Å². The molecular formula is C17H24N2OS. The van der Waals surface area contributed by atoms with E-state index < -0.39 is 0 Å². The van der Waals surface area contributed by atoms with Crippen molar-refractivity contribution in [3.63, 3.8) is 0 Å². The van der Waals surface area contributed by atoms with Gasteiger partial charge in [0.05, 0.1) is 12.8 Å². The Hall–Kier alpha value is -1.10. The molecule has 0 spiro atoms. The lowest BCUT2D eigenvalue weighted by Crippen LogP contribution is -2.25. The predicted octanol–water partition coefficient (Wildman–Crippen LogP) is 4.01. The van der Waals surface area contributed by atoms with E-state index in [9.17, 15) is 0 Å². The molecule has 114 valence electrons. The molecule has 1 N–H and O–H groups in total. The van der Waals surface area contributed by atoms with E-state index in [1.54, 1.807) is 0 Å². The Balaban J connectivity index is 1.61. The molecule has 0 atom stereocenters. The van der Waals surface area contributed by atoms with Crippen molar-refractivity contribution in [2.24, 2.45) is 0 Å². The first-order valence-corrected chi connectivity index (χ1v) is 8.77. The van der Waals surface area contributed by atoms with Gasteiger partial charge >= 0.3 is 0 Å². The van der Waals surface area contributed by atoms with Gasteiger partial charge in [0.15, 0.2) is 0 Å². The molecule has 3 nitrogen and oxygen atoms in total. The summed E-state index contributed by atoms with van der Waals surface area (Å²) in [7, 11) is 0. The second-order valence-electron chi connectivity index (χ2n) is 5.76. The zero-order chi connectivity index (χ0) is 14.5. The molecule has 0 unspecified atom stereocenters. The van der Waals surface area contributed by atoms with E-state index in [4.69, 9.17) is 4.42 Å². The first-order chi connectivity index (χ1) is 10.4. The van der Waals surface area contributed by atoms with E-state index in [2.05, 4.69) is 40.7 Å². The Morgan fingerprint density at radius 2 is 2.24 bits per heavy atom. The molecule has 1 saturated carbocycles. The first kappa shape index (κ1) is 14.8. The quantitative estimate of drug-likeness (QED) is 0.710. The summed E-state index contributed by atoms with van der Waals surface area (Å²) in [6.45, 7) is 6.14. The molecule has 0 radical (unpaired) electrons. The third kappa shape index (κ3) is 4.19. The summed E-state index contributed by atoms with van der Waals surface area (Å²) in [5, 5.41) is 5.63. The number of hydrogen-bond acceptors (Lipinski definition) is 4. The van der Waals surface area contributed by atoms with Gasteiger partial charge in [0, 0.05) is 29.6 Å². The van der Waals surface area contributed by atoms with Crippen molar-refractivity contribution in [1.82, 2.24) is 10.2 Å². The Kier molecular flexibility index (Phi) is 5.12. The molecule has 0 bridgehead atoms. The number of furan rings is 1. The molecule has 0 aromatic carbocycles. The van der Waals surface area contributed by atoms with Gasteiger partial charge < -0.3 is 9.73 Å². The van der Waals surface area contributed by atoms with Crippen LogP contribution in [0.2, 0.25) is 0 Å². The Morgan fingerprint density at radius 3 is 2.95 bits per heavy atom. The molecule has 4 heteroatoms. The molecule has 1 aliphatic carbocycles. The van der Waals surface area contributed by atoms with Gasteiger partial charge in [0.1, 0.15) is 5.76 Å². The lowest BCUT2D eigenvalue weighted by Gasteiger charge is -2.20. The highest BCUT2D eigenvalue weighted by Gasteiger charge is 2.30. The number of nitrogens with zero attached hydrogens (tertiary/aromatic N) is 1. The van der Waals surface area contributed by atoms with Gasteiger partial charge in [-0.1, -0.05) is 13.0 Å². The monoisotopic (exact) mass is 304 g/mol. The number of rotatable bonds is 9. The Labute approximate surface area is 131 Å². The summed E-state index contributed by atoms with van der Waals surface area (Å²) >= 11 is 1.85. The minimum absolute atomic E-state index is 0.744.